The van der Waals surface area contributed by atoms with Crippen LogP contribution in [0.25, 0.3) is 10.9 Å². The molecule has 0 saturated carbocycles. The van der Waals surface area contributed by atoms with Gasteiger partial charge < -0.3 is 9.88 Å². The van der Waals surface area contributed by atoms with Gasteiger partial charge in [-0.1, -0.05) is 19.1 Å². The number of rotatable bonds is 6. The van der Waals surface area contributed by atoms with Crippen LogP contribution in [0, 0.1) is 0 Å². The molecule has 1 aromatic carbocycles. The van der Waals surface area contributed by atoms with Gasteiger partial charge in [0.1, 0.15) is 0 Å². The minimum absolute atomic E-state index is 0.936. The van der Waals surface area contributed by atoms with E-state index in [4.69, 9.17) is 0 Å². The van der Waals surface area contributed by atoms with Crippen LogP contribution in [-0.4, -0.2) is 23.1 Å². The molecular weight excluding hydrogens is 228 g/mol. The Kier molecular flexibility index (Phi) is 4.51. The molecule has 0 amide bonds. The lowest BCUT2D eigenvalue weighted by Crippen LogP contribution is -2.05. The Hall–Kier alpha value is -0.930. The monoisotopic (exact) mass is 248 g/mol. The summed E-state index contributed by atoms with van der Waals surface area (Å²) in [5, 5.41) is 4.60. The molecule has 0 atom stereocenters. The fourth-order valence-electron chi connectivity index (χ4n) is 2.13. The van der Waals surface area contributed by atoms with E-state index in [0.29, 0.717) is 0 Å². The molecule has 0 aliphatic heterocycles. The predicted octanol–water partition coefficient (Wildman–Crippen LogP) is 3.11. The Bertz CT molecular complexity index is 476. The maximum atomic E-state index is 3.22. The highest BCUT2D eigenvalue weighted by molar-refractivity contribution is 7.99. The Morgan fingerprint density at radius 1 is 1.29 bits per heavy atom. The van der Waals surface area contributed by atoms with Crippen molar-refractivity contribution in [3.63, 3.8) is 0 Å². The Balaban J connectivity index is 2.24. The van der Waals surface area contributed by atoms with Crippen molar-refractivity contribution in [2.75, 3.05) is 18.6 Å². The quantitative estimate of drug-likeness (QED) is 0.791. The third-order valence-corrected chi connectivity index (χ3v) is 3.83. The first-order valence-electron chi connectivity index (χ1n) is 6.16. The largest absolute Gasteiger partial charge is 0.347 e. The van der Waals surface area contributed by atoms with Crippen LogP contribution >= 0.6 is 11.8 Å². The summed E-state index contributed by atoms with van der Waals surface area (Å²) in [6.45, 7) is 4.25. The van der Waals surface area contributed by atoms with Gasteiger partial charge in [0.25, 0.3) is 0 Å². The van der Waals surface area contributed by atoms with Crippen LogP contribution < -0.4 is 5.32 Å². The van der Waals surface area contributed by atoms with E-state index in [-0.39, 0.29) is 0 Å². The van der Waals surface area contributed by atoms with Crippen LogP contribution in [0.5, 0.6) is 0 Å². The summed E-state index contributed by atoms with van der Waals surface area (Å²) in [4.78, 5) is 0. The van der Waals surface area contributed by atoms with Gasteiger partial charge in [0.05, 0.1) is 0 Å². The van der Waals surface area contributed by atoms with Crippen LogP contribution in [0.15, 0.2) is 30.5 Å². The molecule has 2 nitrogen and oxygen atoms in total. The minimum atomic E-state index is 0.936. The highest BCUT2D eigenvalue weighted by atomic mass is 32.2. The summed E-state index contributed by atoms with van der Waals surface area (Å²) in [5.74, 6) is 2.39. The molecule has 1 heterocycles. The number of fused-ring (bicyclic) bond motifs is 1. The van der Waals surface area contributed by atoms with Crippen LogP contribution in [0.3, 0.4) is 0 Å². The van der Waals surface area contributed by atoms with Gasteiger partial charge in [-0.3, -0.25) is 0 Å². The molecule has 0 unspecified atom stereocenters. The van der Waals surface area contributed by atoms with E-state index in [9.17, 15) is 0 Å². The minimum Gasteiger partial charge on any atom is -0.347 e. The smallest absolute Gasteiger partial charge is 0.0483 e. The lowest BCUT2D eigenvalue weighted by molar-refractivity contribution is 0.805. The zero-order valence-corrected chi connectivity index (χ0v) is 11.4. The zero-order chi connectivity index (χ0) is 12.1. The van der Waals surface area contributed by atoms with Crippen molar-refractivity contribution in [1.29, 1.82) is 0 Å². The summed E-state index contributed by atoms with van der Waals surface area (Å²) < 4.78 is 2.36. The second-order valence-corrected chi connectivity index (χ2v) is 5.48. The van der Waals surface area contributed by atoms with Crippen LogP contribution in [0.2, 0.25) is 0 Å². The van der Waals surface area contributed by atoms with Crippen molar-refractivity contribution < 1.29 is 0 Å². The standard InChI is InChI=1S/C14H20N2S/c1-3-17-10-9-16-8-7-13-12(11-15-2)5-4-6-14(13)16/h4-8,15H,3,9-11H2,1-2H3. The number of hydrogen-bond acceptors (Lipinski definition) is 2. The molecule has 2 rings (SSSR count). The molecule has 17 heavy (non-hydrogen) atoms. The Morgan fingerprint density at radius 2 is 2.18 bits per heavy atom. The number of nitrogens with zero attached hydrogens (tertiary/aromatic N) is 1. The summed E-state index contributed by atoms with van der Waals surface area (Å²) in [6.07, 6.45) is 2.21. The maximum absolute atomic E-state index is 3.22. The van der Waals surface area contributed by atoms with Gasteiger partial charge in [-0.05, 0) is 30.5 Å². The van der Waals surface area contributed by atoms with Gasteiger partial charge in [-0.15, -0.1) is 0 Å². The molecule has 0 bridgehead atoms. The highest BCUT2D eigenvalue weighted by Gasteiger charge is 2.04. The molecule has 0 spiro atoms. The van der Waals surface area contributed by atoms with E-state index >= 15 is 0 Å². The molecule has 92 valence electrons. The van der Waals surface area contributed by atoms with Crippen molar-refractivity contribution in [3.05, 3.63) is 36.0 Å². The van der Waals surface area contributed by atoms with Crippen LogP contribution in [0.1, 0.15) is 12.5 Å². The van der Waals surface area contributed by atoms with Gasteiger partial charge in [0.15, 0.2) is 0 Å². The fraction of sp³-hybridized carbons (Fsp3) is 0.429. The third kappa shape index (κ3) is 2.85. The molecule has 1 N–H and O–H groups in total. The summed E-state index contributed by atoms with van der Waals surface area (Å²) in [7, 11) is 1.99. The first-order chi connectivity index (χ1) is 8.36. The SMILES string of the molecule is CCSCCn1ccc2c(CNC)cccc21. The maximum Gasteiger partial charge on any atom is 0.0483 e. The number of benzene rings is 1. The Morgan fingerprint density at radius 3 is 2.94 bits per heavy atom. The highest BCUT2D eigenvalue weighted by Crippen LogP contribution is 2.20. The summed E-state index contributed by atoms with van der Waals surface area (Å²) in [6, 6.07) is 8.80. The normalized spacial score (nSPS) is 11.2. The third-order valence-electron chi connectivity index (χ3n) is 2.95. The van der Waals surface area contributed by atoms with Gasteiger partial charge in [0, 0.05) is 35.9 Å². The zero-order valence-electron chi connectivity index (χ0n) is 10.6. The van der Waals surface area contributed by atoms with E-state index in [1.54, 1.807) is 0 Å². The molecule has 0 aliphatic carbocycles. The van der Waals surface area contributed by atoms with Gasteiger partial charge >= 0.3 is 0 Å². The van der Waals surface area contributed by atoms with Crippen molar-refractivity contribution >= 4 is 22.7 Å². The molecule has 1 aromatic heterocycles. The van der Waals surface area contributed by atoms with E-state index in [1.807, 2.05) is 18.8 Å². The van der Waals surface area contributed by atoms with Gasteiger partial charge in [-0.25, -0.2) is 0 Å². The molecule has 0 fully saturated rings. The van der Waals surface area contributed by atoms with Crippen molar-refractivity contribution in [3.8, 4) is 0 Å². The number of aromatic nitrogens is 1. The molecule has 0 saturated heterocycles. The molecule has 3 heteroatoms. The summed E-state index contributed by atoms with van der Waals surface area (Å²) >= 11 is 2.00. The fourth-order valence-corrected chi connectivity index (χ4v) is 2.75. The van der Waals surface area contributed by atoms with E-state index in [2.05, 4.69) is 47.3 Å². The lowest BCUT2D eigenvalue weighted by Gasteiger charge is -2.06. The van der Waals surface area contributed by atoms with Crippen LogP contribution in [-0.2, 0) is 13.1 Å². The first-order valence-corrected chi connectivity index (χ1v) is 7.31. The second kappa shape index (κ2) is 6.12. The molecule has 0 aliphatic rings. The van der Waals surface area contributed by atoms with Crippen LogP contribution in [0.4, 0.5) is 0 Å². The average molecular weight is 248 g/mol. The van der Waals surface area contributed by atoms with E-state index in [1.165, 1.54) is 28.0 Å². The number of thioether (sulfide) groups is 1. The van der Waals surface area contributed by atoms with E-state index in [0.717, 1.165) is 13.1 Å². The van der Waals surface area contributed by atoms with Crippen molar-refractivity contribution in [2.24, 2.45) is 0 Å². The number of nitrogens with one attached hydrogen (secondary N) is 1. The average Bonchev–Trinajstić information content (AvgIpc) is 2.75. The Labute approximate surface area is 107 Å². The van der Waals surface area contributed by atoms with Crippen molar-refractivity contribution in [1.82, 2.24) is 9.88 Å². The predicted molar refractivity (Wildman–Crippen MR) is 77.7 cm³/mol. The lowest BCUT2D eigenvalue weighted by atomic mass is 10.1. The first kappa shape index (κ1) is 12.5. The molecular formula is C14H20N2S. The number of hydrogen-bond donors (Lipinski definition) is 1. The molecule has 0 radical (unpaired) electrons. The van der Waals surface area contributed by atoms with Gasteiger partial charge in [-0.2, -0.15) is 11.8 Å². The van der Waals surface area contributed by atoms with Gasteiger partial charge in [0.2, 0.25) is 0 Å². The van der Waals surface area contributed by atoms with Crippen molar-refractivity contribution in [2.45, 2.75) is 20.0 Å². The molecule has 2 aromatic rings. The summed E-state index contributed by atoms with van der Waals surface area (Å²) in [5.41, 5.74) is 2.74. The second-order valence-electron chi connectivity index (χ2n) is 4.09. The topological polar surface area (TPSA) is 17.0 Å². The van der Waals surface area contributed by atoms with E-state index < -0.39 is 0 Å². The number of aryl methyl sites for hydroxylation is 1.